The normalized spacial score (nSPS) is 21.2. The zero-order valence-corrected chi connectivity index (χ0v) is 15.6. The molecule has 2 aromatic heterocycles. The van der Waals surface area contributed by atoms with Gasteiger partial charge in [-0.3, -0.25) is 4.57 Å². The van der Waals surface area contributed by atoms with Gasteiger partial charge in [0.05, 0.1) is 12.8 Å². The second-order valence-electron chi connectivity index (χ2n) is 7.04. The summed E-state index contributed by atoms with van der Waals surface area (Å²) in [5, 5.41) is 9.89. The molecule has 0 saturated carbocycles. The van der Waals surface area contributed by atoms with E-state index in [-0.39, 0.29) is 0 Å². The highest BCUT2D eigenvalue weighted by Crippen LogP contribution is 2.29. The zero-order valence-electron chi connectivity index (χ0n) is 14.7. The Kier molecular flexibility index (Phi) is 5.33. The van der Waals surface area contributed by atoms with Gasteiger partial charge in [0, 0.05) is 18.8 Å². The summed E-state index contributed by atoms with van der Waals surface area (Å²) in [4.78, 5) is 2.37. The van der Waals surface area contributed by atoms with Crippen LogP contribution < -0.4 is 4.90 Å². The van der Waals surface area contributed by atoms with Crippen molar-refractivity contribution in [3.8, 4) is 0 Å². The molecular weight excluding hydrogens is 320 g/mol. The molecule has 6 heteroatoms. The highest BCUT2D eigenvalue weighted by molar-refractivity contribution is 7.99. The Morgan fingerprint density at radius 1 is 1.33 bits per heavy atom. The van der Waals surface area contributed by atoms with Crippen LogP contribution in [0.1, 0.15) is 33.0 Å². The molecular formula is C18H26N4OS. The summed E-state index contributed by atoms with van der Waals surface area (Å²) in [6.45, 7) is 13.4. The molecule has 0 aromatic carbocycles. The Labute approximate surface area is 148 Å². The van der Waals surface area contributed by atoms with E-state index in [0.29, 0.717) is 18.4 Å². The van der Waals surface area contributed by atoms with E-state index < -0.39 is 0 Å². The summed E-state index contributed by atoms with van der Waals surface area (Å²) < 4.78 is 7.73. The van der Waals surface area contributed by atoms with E-state index in [1.54, 1.807) is 18.0 Å². The van der Waals surface area contributed by atoms with Gasteiger partial charge in [-0.05, 0) is 37.3 Å². The fourth-order valence-electron chi connectivity index (χ4n) is 3.33. The molecule has 0 aliphatic carbocycles. The van der Waals surface area contributed by atoms with Gasteiger partial charge in [0.25, 0.3) is 0 Å². The summed E-state index contributed by atoms with van der Waals surface area (Å²) in [5.41, 5.74) is 1.13. The largest absolute Gasteiger partial charge is 0.467 e. The predicted molar refractivity (Wildman–Crippen MR) is 98.5 cm³/mol. The predicted octanol–water partition coefficient (Wildman–Crippen LogP) is 4.07. The van der Waals surface area contributed by atoms with Crippen molar-refractivity contribution in [3.63, 3.8) is 0 Å². The average Bonchev–Trinajstić information content (AvgIpc) is 3.14. The van der Waals surface area contributed by atoms with Gasteiger partial charge in [-0.2, -0.15) is 0 Å². The van der Waals surface area contributed by atoms with E-state index in [9.17, 15) is 0 Å². The molecule has 0 radical (unpaired) electrons. The van der Waals surface area contributed by atoms with Crippen molar-refractivity contribution in [2.24, 2.45) is 11.8 Å². The number of anilines is 1. The first-order valence-corrected chi connectivity index (χ1v) is 9.49. The van der Waals surface area contributed by atoms with Gasteiger partial charge >= 0.3 is 0 Å². The molecule has 2 atom stereocenters. The number of hydrogen-bond donors (Lipinski definition) is 0. The number of piperidine rings is 1. The van der Waals surface area contributed by atoms with Crippen molar-refractivity contribution in [2.75, 3.05) is 23.7 Å². The summed E-state index contributed by atoms with van der Waals surface area (Å²) >= 11 is 1.68. The second-order valence-corrected chi connectivity index (χ2v) is 7.99. The maximum Gasteiger partial charge on any atom is 0.228 e. The van der Waals surface area contributed by atoms with E-state index in [1.807, 2.05) is 19.1 Å². The molecule has 2 aromatic rings. The molecule has 0 bridgehead atoms. The van der Waals surface area contributed by atoms with Crippen LogP contribution >= 0.6 is 11.8 Å². The van der Waals surface area contributed by atoms with Crippen molar-refractivity contribution in [3.05, 3.63) is 36.3 Å². The smallest absolute Gasteiger partial charge is 0.228 e. The third-order valence-corrected chi connectivity index (χ3v) is 5.39. The lowest BCUT2D eigenvalue weighted by molar-refractivity contribution is 0.350. The van der Waals surface area contributed by atoms with Crippen LogP contribution in [0, 0.1) is 11.8 Å². The van der Waals surface area contributed by atoms with E-state index in [1.165, 1.54) is 6.42 Å². The van der Waals surface area contributed by atoms with Gasteiger partial charge in [0.15, 0.2) is 5.16 Å². The van der Waals surface area contributed by atoms with Gasteiger partial charge in [-0.1, -0.05) is 37.8 Å². The van der Waals surface area contributed by atoms with Crippen molar-refractivity contribution in [1.29, 1.82) is 0 Å². The summed E-state index contributed by atoms with van der Waals surface area (Å²) in [7, 11) is 0. The minimum absolute atomic E-state index is 0.660. The molecule has 24 heavy (non-hydrogen) atoms. The first-order chi connectivity index (χ1) is 11.5. The first kappa shape index (κ1) is 17.1. The van der Waals surface area contributed by atoms with Crippen LogP contribution in [0.2, 0.25) is 0 Å². The molecule has 1 aliphatic rings. The Hall–Kier alpha value is -1.69. The lowest BCUT2D eigenvalue weighted by Crippen LogP contribution is -2.40. The number of rotatable bonds is 6. The fraction of sp³-hybridized carbons (Fsp3) is 0.556. The Balaban J connectivity index is 1.88. The molecule has 3 rings (SSSR count). The third kappa shape index (κ3) is 4.04. The number of aromatic nitrogens is 3. The molecule has 130 valence electrons. The van der Waals surface area contributed by atoms with Crippen LogP contribution in [0.5, 0.6) is 0 Å². The van der Waals surface area contributed by atoms with Crippen LogP contribution in [0.3, 0.4) is 0 Å². The minimum atomic E-state index is 0.660. The number of hydrogen-bond acceptors (Lipinski definition) is 5. The van der Waals surface area contributed by atoms with Gasteiger partial charge in [0.2, 0.25) is 5.95 Å². The standard InChI is InChI=1S/C18H26N4OS/c1-13(2)12-24-18-20-19-17(21-9-14(3)8-15(4)10-21)22(18)11-16-6-5-7-23-16/h5-7,14-15H,1,8-12H2,2-4H3/t14-,15-/m1/s1. The summed E-state index contributed by atoms with van der Waals surface area (Å²) in [6, 6.07) is 3.92. The fourth-order valence-corrected chi connectivity index (χ4v) is 4.11. The average molecular weight is 347 g/mol. The van der Waals surface area contributed by atoms with Crippen molar-refractivity contribution in [2.45, 2.75) is 38.9 Å². The zero-order chi connectivity index (χ0) is 17.1. The highest BCUT2D eigenvalue weighted by atomic mass is 32.2. The molecule has 3 heterocycles. The quantitative estimate of drug-likeness (QED) is 0.583. The molecule has 0 unspecified atom stereocenters. The van der Waals surface area contributed by atoms with Gasteiger partial charge in [-0.15, -0.1) is 10.2 Å². The third-order valence-electron chi connectivity index (χ3n) is 4.19. The lowest BCUT2D eigenvalue weighted by Gasteiger charge is -2.35. The highest BCUT2D eigenvalue weighted by Gasteiger charge is 2.27. The number of furan rings is 1. The Morgan fingerprint density at radius 3 is 2.71 bits per heavy atom. The van der Waals surface area contributed by atoms with E-state index >= 15 is 0 Å². The number of nitrogens with zero attached hydrogens (tertiary/aromatic N) is 4. The van der Waals surface area contributed by atoms with Crippen molar-refractivity contribution in [1.82, 2.24) is 14.8 Å². The van der Waals surface area contributed by atoms with E-state index in [4.69, 9.17) is 4.42 Å². The van der Waals surface area contributed by atoms with E-state index in [2.05, 4.69) is 40.1 Å². The van der Waals surface area contributed by atoms with Gasteiger partial charge in [0.1, 0.15) is 5.76 Å². The molecule has 0 spiro atoms. The van der Waals surface area contributed by atoms with Crippen molar-refractivity contribution < 1.29 is 4.42 Å². The molecule has 0 N–H and O–H groups in total. The van der Waals surface area contributed by atoms with Crippen LogP contribution in [0.25, 0.3) is 0 Å². The Bertz CT molecular complexity index is 669. The van der Waals surface area contributed by atoms with Crippen LogP contribution in [-0.2, 0) is 6.54 Å². The molecule has 1 saturated heterocycles. The number of thioether (sulfide) groups is 1. The van der Waals surface area contributed by atoms with E-state index in [0.717, 1.165) is 41.3 Å². The minimum Gasteiger partial charge on any atom is -0.467 e. The van der Waals surface area contributed by atoms with Gasteiger partial charge < -0.3 is 9.32 Å². The monoisotopic (exact) mass is 346 g/mol. The molecule has 1 aliphatic heterocycles. The maximum atomic E-state index is 5.55. The molecule has 5 nitrogen and oxygen atoms in total. The van der Waals surface area contributed by atoms with Crippen LogP contribution in [0.4, 0.5) is 5.95 Å². The van der Waals surface area contributed by atoms with Crippen LogP contribution in [0.15, 0.2) is 40.1 Å². The molecule has 0 amide bonds. The van der Waals surface area contributed by atoms with Gasteiger partial charge in [-0.25, -0.2) is 0 Å². The maximum absolute atomic E-state index is 5.55. The lowest BCUT2D eigenvalue weighted by atomic mass is 9.92. The van der Waals surface area contributed by atoms with Crippen molar-refractivity contribution >= 4 is 17.7 Å². The summed E-state index contributed by atoms with van der Waals surface area (Å²) in [6.07, 6.45) is 2.99. The summed E-state index contributed by atoms with van der Waals surface area (Å²) in [5.74, 6) is 4.08. The second kappa shape index (κ2) is 7.47. The first-order valence-electron chi connectivity index (χ1n) is 8.50. The Morgan fingerprint density at radius 2 is 2.08 bits per heavy atom. The SMILES string of the molecule is C=C(C)CSc1nnc(N2C[C@H](C)C[C@@H](C)C2)n1Cc1ccco1. The van der Waals surface area contributed by atoms with Crippen LogP contribution in [-0.4, -0.2) is 33.6 Å². The topological polar surface area (TPSA) is 47.1 Å². The molecule has 1 fully saturated rings.